The van der Waals surface area contributed by atoms with Crippen molar-refractivity contribution in [2.45, 2.75) is 5.38 Å². The predicted molar refractivity (Wildman–Crippen MR) is 76.2 cm³/mol. The normalized spacial score (nSPS) is 12.8. The molecule has 0 aliphatic rings. The van der Waals surface area contributed by atoms with E-state index in [1.165, 1.54) is 0 Å². The molecule has 1 unspecified atom stereocenters. The van der Waals surface area contributed by atoms with Gasteiger partial charge in [-0.1, -0.05) is 29.3 Å². The summed E-state index contributed by atoms with van der Waals surface area (Å²) in [4.78, 5) is 1.08. The lowest BCUT2D eigenvalue weighted by atomic mass is 10.1. The molecule has 0 spiro atoms. The van der Waals surface area contributed by atoms with E-state index in [4.69, 9.17) is 34.8 Å². The summed E-state index contributed by atoms with van der Waals surface area (Å²) in [6.07, 6.45) is 0. The average Bonchev–Trinajstić information content (AvgIpc) is 2.68. The highest BCUT2D eigenvalue weighted by Gasteiger charge is 2.14. The van der Waals surface area contributed by atoms with E-state index in [-0.39, 0.29) is 5.38 Å². The van der Waals surface area contributed by atoms with Gasteiger partial charge in [-0.15, -0.1) is 22.9 Å². The molecule has 1 aromatic heterocycles. The van der Waals surface area contributed by atoms with Gasteiger partial charge in [-0.3, -0.25) is 0 Å². The number of hydrogen-bond donors (Lipinski definition) is 0. The molecule has 1 heterocycles. The summed E-state index contributed by atoms with van der Waals surface area (Å²) < 4.78 is 1.06. The van der Waals surface area contributed by atoms with Crippen LogP contribution >= 0.6 is 62.1 Å². The Morgan fingerprint density at radius 1 is 1.06 bits per heavy atom. The minimum Gasteiger partial charge on any atom is -0.131 e. The number of rotatable bonds is 2. The van der Waals surface area contributed by atoms with Crippen molar-refractivity contribution in [2.24, 2.45) is 0 Å². The molecule has 0 N–H and O–H groups in total. The standard InChI is InChI=1S/C11H6BrCl3S/c12-10-4-3-9(16-10)11(15)6-1-2-7(13)8(14)5-6/h1-5,11H. The number of hydrogen-bond acceptors (Lipinski definition) is 1. The van der Waals surface area contributed by atoms with E-state index in [0.29, 0.717) is 10.0 Å². The fraction of sp³-hybridized carbons (Fsp3) is 0.0909. The van der Waals surface area contributed by atoms with Crippen molar-refractivity contribution in [3.63, 3.8) is 0 Å². The molecular formula is C11H6BrCl3S. The molecule has 0 saturated carbocycles. The fourth-order valence-corrected chi connectivity index (χ4v) is 3.38. The Kier molecular flexibility index (Phi) is 4.20. The van der Waals surface area contributed by atoms with E-state index in [1.54, 1.807) is 23.5 Å². The van der Waals surface area contributed by atoms with Crippen LogP contribution in [-0.2, 0) is 0 Å². The Morgan fingerprint density at radius 3 is 2.38 bits per heavy atom. The van der Waals surface area contributed by atoms with Crippen molar-refractivity contribution < 1.29 is 0 Å². The van der Waals surface area contributed by atoms with Gasteiger partial charge in [0.2, 0.25) is 0 Å². The van der Waals surface area contributed by atoms with Crippen LogP contribution in [0.5, 0.6) is 0 Å². The second-order valence-corrected chi connectivity index (χ2v) is 6.92. The monoisotopic (exact) mass is 354 g/mol. The van der Waals surface area contributed by atoms with Gasteiger partial charge in [0.05, 0.1) is 19.2 Å². The first-order chi connectivity index (χ1) is 7.58. The first-order valence-electron chi connectivity index (χ1n) is 4.42. The van der Waals surface area contributed by atoms with Crippen molar-refractivity contribution in [1.29, 1.82) is 0 Å². The van der Waals surface area contributed by atoms with Crippen LogP contribution in [0.4, 0.5) is 0 Å². The van der Waals surface area contributed by atoms with E-state index in [2.05, 4.69) is 15.9 Å². The molecule has 84 valence electrons. The Balaban J connectivity index is 2.33. The lowest BCUT2D eigenvalue weighted by Gasteiger charge is -2.08. The molecule has 0 aliphatic carbocycles. The summed E-state index contributed by atoms with van der Waals surface area (Å²) in [6, 6.07) is 9.42. The highest BCUT2D eigenvalue weighted by atomic mass is 79.9. The molecule has 0 aliphatic heterocycles. The third-order valence-electron chi connectivity index (χ3n) is 2.08. The van der Waals surface area contributed by atoms with Crippen LogP contribution < -0.4 is 0 Å². The second kappa shape index (κ2) is 5.28. The molecule has 1 aromatic carbocycles. The number of benzene rings is 1. The Hall–Kier alpha value is 0.270. The lowest BCUT2D eigenvalue weighted by Crippen LogP contribution is -1.89. The van der Waals surface area contributed by atoms with E-state index >= 15 is 0 Å². The third kappa shape index (κ3) is 2.74. The molecule has 2 aromatic rings. The number of alkyl halides is 1. The van der Waals surface area contributed by atoms with Crippen LogP contribution in [0.25, 0.3) is 0 Å². The minimum atomic E-state index is -0.189. The summed E-state index contributed by atoms with van der Waals surface area (Å²) in [5.41, 5.74) is 0.949. The summed E-state index contributed by atoms with van der Waals surface area (Å²) in [5, 5.41) is 0.883. The van der Waals surface area contributed by atoms with Gasteiger partial charge in [0, 0.05) is 4.88 Å². The molecule has 0 fully saturated rings. The van der Waals surface area contributed by atoms with Crippen LogP contribution in [0.2, 0.25) is 10.0 Å². The van der Waals surface area contributed by atoms with Crippen LogP contribution in [-0.4, -0.2) is 0 Å². The zero-order valence-electron chi connectivity index (χ0n) is 7.88. The van der Waals surface area contributed by atoms with Crippen molar-refractivity contribution in [3.05, 3.63) is 54.6 Å². The first-order valence-corrected chi connectivity index (χ1v) is 7.22. The van der Waals surface area contributed by atoms with Crippen LogP contribution in [0.3, 0.4) is 0 Å². The van der Waals surface area contributed by atoms with Gasteiger partial charge in [-0.2, -0.15) is 0 Å². The Labute approximate surface area is 121 Å². The van der Waals surface area contributed by atoms with Crippen molar-refractivity contribution in [2.75, 3.05) is 0 Å². The highest BCUT2D eigenvalue weighted by molar-refractivity contribution is 9.11. The molecule has 0 saturated heterocycles. The highest BCUT2D eigenvalue weighted by Crippen LogP contribution is 2.37. The zero-order valence-corrected chi connectivity index (χ0v) is 12.6. The summed E-state index contributed by atoms with van der Waals surface area (Å²) in [6.45, 7) is 0. The van der Waals surface area contributed by atoms with Gasteiger partial charge >= 0.3 is 0 Å². The van der Waals surface area contributed by atoms with Gasteiger partial charge in [0.25, 0.3) is 0 Å². The molecule has 0 amide bonds. The smallest absolute Gasteiger partial charge is 0.0928 e. The second-order valence-electron chi connectivity index (χ2n) is 3.18. The number of halogens is 4. The maximum absolute atomic E-state index is 6.36. The molecule has 5 heteroatoms. The quantitative estimate of drug-likeness (QED) is 0.567. The maximum atomic E-state index is 6.36. The molecule has 0 bridgehead atoms. The molecule has 0 radical (unpaired) electrons. The largest absolute Gasteiger partial charge is 0.131 e. The Morgan fingerprint density at radius 2 is 1.81 bits per heavy atom. The molecule has 16 heavy (non-hydrogen) atoms. The predicted octanol–water partition coefficient (Wildman–Crippen LogP) is 6.15. The van der Waals surface area contributed by atoms with E-state index < -0.39 is 0 Å². The van der Waals surface area contributed by atoms with E-state index in [1.807, 2.05) is 18.2 Å². The van der Waals surface area contributed by atoms with Crippen molar-refractivity contribution in [3.8, 4) is 0 Å². The van der Waals surface area contributed by atoms with Crippen molar-refractivity contribution in [1.82, 2.24) is 0 Å². The maximum Gasteiger partial charge on any atom is 0.0928 e. The molecular weight excluding hydrogens is 350 g/mol. The van der Waals surface area contributed by atoms with Crippen molar-refractivity contribution >= 4 is 62.1 Å². The topological polar surface area (TPSA) is 0 Å². The van der Waals surface area contributed by atoms with Crippen LogP contribution in [0, 0.1) is 0 Å². The average molecular weight is 356 g/mol. The molecule has 1 atom stereocenters. The van der Waals surface area contributed by atoms with Gasteiger partial charge in [0.1, 0.15) is 0 Å². The minimum absolute atomic E-state index is 0.189. The number of thiophene rings is 1. The van der Waals surface area contributed by atoms with Gasteiger partial charge in [0.15, 0.2) is 0 Å². The lowest BCUT2D eigenvalue weighted by molar-refractivity contribution is 1.18. The fourth-order valence-electron chi connectivity index (χ4n) is 1.30. The van der Waals surface area contributed by atoms with Crippen LogP contribution in [0.15, 0.2) is 34.1 Å². The van der Waals surface area contributed by atoms with Gasteiger partial charge in [-0.05, 0) is 45.8 Å². The molecule has 2 rings (SSSR count). The molecule has 0 nitrogen and oxygen atoms in total. The van der Waals surface area contributed by atoms with Crippen LogP contribution in [0.1, 0.15) is 15.8 Å². The summed E-state index contributed by atoms with van der Waals surface area (Å²) in [7, 11) is 0. The first kappa shape index (κ1) is 12.7. The summed E-state index contributed by atoms with van der Waals surface area (Å²) >= 11 is 23.2. The van der Waals surface area contributed by atoms with E-state index in [9.17, 15) is 0 Å². The van der Waals surface area contributed by atoms with Gasteiger partial charge in [-0.25, -0.2) is 0 Å². The van der Waals surface area contributed by atoms with E-state index in [0.717, 1.165) is 14.2 Å². The summed E-state index contributed by atoms with van der Waals surface area (Å²) in [5.74, 6) is 0. The Bertz CT molecular complexity index is 510. The third-order valence-corrected chi connectivity index (χ3v) is 5.12. The zero-order chi connectivity index (χ0) is 11.7. The van der Waals surface area contributed by atoms with Gasteiger partial charge < -0.3 is 0 Å². The SMILES string of the molecule is Clc1ccc(C(Cl)c2ccc(Br)s2)cc1Cl.